The van der Waals surface area contributed by atoms with Crippen molar-refractivity contribution in [1.29, 1.82) is 0 Å². The largest absolute Gasteiger partial charge is 0.353 e. The summed E-state index contributed by atoms with van der Waals surface area (Å²) in [6.07, 6.45) is 8.61. The van der Waals surface area contributed by atoms with Gasteiger partial charge in [-0.3, -0.25) is 4.99 Å². The lowest BCUT2D eigenvalue weighted by Gasteiger charge is -2.12. The Morgan fingerprint density at radius 3 is 2.40 bits per heavy atom. The molecule has 122 valence electrons. The molecule has 0 bridgehead atoms. The molecule has 1 N–H and O–H groups in total. The number of benzene rings is 1. The topological polar surface area (TPSA) is 76.0 Å². The van der Waals surface area contributed by atoms with E-state index in [-0.39, 0.29) is 0 Å². The average Bonchev–Trinajstić information content (AvgIpc) is 2.69. The zero-order valence-electron chi connectivity index (χ0n) is 13.7. The molecule has 0 saturated carbocycles. The normalized spacial score (nSPS) is 13.2. The van der Waals surface area contributed by atoms with E-state index in [9.17, 15) is 0 Å². The highest BCUT2D eigenvalue weighted by atomic mass is 15.0. The van der Waals surface area contributed by atoms with Gasteiger partial charge in [0.15, 0.2) is 5.82 Å². The van der Waals surface area contributed by atoms with Gasteiger partial charge in [0.1, 0.15) is 6.33 Å². The van der Waals surface area contributed by atoms with Crippen LogP contribution in [0.25, 0.3) is 28.2 Å². The number of aliphatic imine (C=N–C) groups is 1. The summed E-state index contributed by atoms with van der Waals surface area (Å²) >= 11 is 0. The molecule has 3 aromatic rings. The Balaban J connectivity index is 1.85. The van der Waals surface area contributed by atoms with E-state index in [1.54, 1.807) is 18.7 Å². The first-order valence-electron chi connectivity index (χ1n) is 7.95. The fraction of sp³-hybridized carbons (Fsp3) is 0.105. The van der Waals surface area contributed by atoms with Gasteiger partial charge in [0, 0.05) is 35.3 Å². The van der Waals surface area contributed by atoms with Crippen LogP contribution < -0.4 is 5.32 Å². The fourth-order valence-electron chi connectivity index (χ4n) is 2.56. The Kier molecular flexibility index (Phi) is 4.00. The predicted octanol–water partition coefficient (Wildman–Crippen LogP) is 2.88. The predicted molar refractivity (Wildman–Crippen MR) is 97.7 cm³/mol. The van der Waals surface area contributed by atoms with Crippen LogP contribution in [-0.2, 0) is 0 Å². The van der Waals surface area contributed by atoms with Gasteiger partial charge in [-0.15, -0.1) is 0 Å². The van der Waals surface area contributed by atoms with Gasteiger partial charge >= 0.3 is 0 Å². The second kappa shape index (κ2) is 6.60. The molecular formula is C19H16N6. The zero-order valence-corrected chi connectivity index (χ0v) is 13.7. The number of nitrogens with one attached hydrogen (secondary N) is 1. The van der Waals surface area contributed by atoms with E-state index < -0.39 is 0 Å². The monoisotopic (exact) mass is 328 g/mol. The standard InChI is InChI=1S/C19H16N6/c1-13-2-4-14(5-3-13)19-24-17(15-7-20-11-21-8-15)6-18(25-19)16-9-22-12-23-10-16/h2-9,11-12H,10H2,1H3,(H,22,23). The lowest BCUT2D eigenvalue weighted by Crippen LogP contribution is -2.11. The third-order valence-electron chi connectivity index (χ3n) is 3.91. The minimum Gasteiger partial charge on any atom is -0.353 e. The minimum atomic E-state index is 0.585. The number of aromatic nitrogens is 4. The number of aryl methyl sites for hydroxylation is 1. The molecule has 6 heteroatoms. The van der Waals surface area contributed by atoms with E-state index >= 15 is 0 Å². The van der Waals surface area contributed by atoms with Crippen molar-refractivity contribution < 1.29 is 0 Å². The van der Waals surface area contributed by atoms with Crippen molar-refractivity contribution in [3.05, 3.63) is 66.5 Å². The van der Waals surface area contributed by atoms with E-state index in [1.165, 1.54) is 11.9 Å². The number of hydrogen-bond acceptors (Lipinski definition) is 6. The SMILES string of the molecule is Cc1ccc(-c2nc(C3=CNC=NC3)cc(-c3cncnc3)n2)cc1. The van der Waals surface area contributed by atoms with Gasteiger partial charge in [-0.25, -0.2) is 19.9 Å². The van der Waals surface area contributed by atoms with Crippen LogP contribution in [0.5, 0.6) is 0 Å². The zero-order chi connectivity index (χ0) is 17.1. The van der Waals surface area contributed by atoms with Gasteiger partial charge in [-0.1, -0.05) is 29.8 Å². The summed E-state index contributed by atoms with van der Waals surface area (Å²) in [6.45, 7) is 2.65. The Morgan fingerprint density at radius 1 is 0.920 bits per heavy atom. The van der Waals surface area contributed by atoms with Crippen LogP contribution in [0, 0.1) is 6.92 Å². The van der Waals surface area contributed by atoms with Crippen LogP contribution in [0.15, 0.2) is 60.2 Å². The van der Waals surface area contributed by atoms with Crippen molar-refractivity contribution in [2.45, 2.75) is 6.92 Å². The lowest BCUT2D eigenvalue weighted by molar-refractivity contribution is 1.09. The Morgan fingerprint density at radius 2 is 1.68 bits per heavy atom. The first-order chi connectivity index (χ1) is 12.3. The van der Waals surface area contributed by atoms with Crippen molar-refractivity contribution in [3.8, 4) is 22.6 Å². The molecule has 0 fully saturated rings. The van der Waals surface area contributed by atoms with Crippen LogP contribution in [0.2, 0.25) is 0 Å². The molecule has 1 aromatic carbocycles. The van der Waals surface area contributed by atoms with Gasteiger partial charge < -0.3 is 5.32 Å². The molecule has 0 aliphatic carbocycles. The molecule has 4 rings (SSSR count). The number of nitrogens with zero attached hydrogens (tertiary/aromatic N) is 5. The molecule has 0 atom stereocenters. The van der Waals surface area contributed by atoms with E-state index in [4.69, 9.17) is 9.97 Å². The van der Waals surface area contributed by atoms with Gasteiger partial charge in [-0.2, -0.15) is 0 Å². The molecule has 25 heavy (non-hydrogen) atoms. The quantitative estimate of drug-likeness (QED) is 0.800. The van der Waals surface area contributed by atoms with Crippen LogP contribution in [0.1, 0.15) is 11.3 Å². The van der Waals surface area contributed by atoms with Gasteiger partial charge in [0.25, 0.3) is 0 Å². The number of hydrogen-bond donors (Lipinski definition) is 1. The van der Waals surface area contributed by atoms with E-state index in [0.717, 1.165) is 28.1 Å². The molecule has 6 nitrogen and oxygen atoms in total. The van der Waals surface area contributed by atoms with Crippen LogP contribution in [0.3, 0.4) is 0 Å². The first kappa shape index (κ1) is 15.1. The summed E-state index contributed by atoms with van der Waals surface area (Å²) in [4.78, 5) is 21.9. The molecule has 1 aliphatic heterocycles. The van der Waals surface area contributed by atoms with Gasteiger partial charge in [-0.05, 0) is 13.0 Å². The van der Waals surface area contributed by atoms with Crippen molar-refractivity contribution in [3.63, 3.8) is 0 Å². The third kappa shape index (κ3) is 3.28. The summed E-state index contributed by atoms with van der Waals surface area (Å²) in [6, 6.07) is 10.1. The summed E-state index contributed by atoms with van der Waals surface area (Å²) in [7, 11) is 0. The molecule has 0 saturated heterocycles. The highest BCUT2D eigenvalue weighted by molar-refractivity contribution is 5.75. The summed E-state index contributed by atoms with van der Waals surface area (Å²) in [5.41, 5.74) is 5.66. The van der Waals surface area contributed by atoms with Crippen LogP contribution in [-0.4, -0.2) is 32.8 Å². The number of rotatable bonds is 3. The molecule has 0 amide bonds. The molecule has 0 unspecified atom stereocenters. The molecular weight excluding hydrogens is 312 g/mol. The van der Waals surface area contributed by atoms with Crippen LogP contribution in [0.4, 0.5) is 0 Å². The minimum absolute atomic E-state index is 0.585. The van der Waals surface area contributed by atoms with Crippen molar-refractivity contribution in [2.24, 2.45) is 4.99 Å². The molecule has 0 spiro atoms. The van der Waals surface area contributed by atoms with Crippen LogP contribution >= 0.6 is 0 Å². The van der Waals surface area contributed by atoms with Crippen molar-refractivity contribution >= 4 is 11.9 Å². The Labute approximate surface area is 145 Å². The Bertz CT molecular complexity index is 945. The highest BCUT2D eigenvalue weighted by Gasteiger charge is 2.13. The summed E-state index contributed by atoms with van der Waals surface area (Å²) < 4.78 is 0. The van der Waals surface area contributed by atoms with E-state index in [0.29, 0.717) is 12.4 Å². The molecule has 2 aromatic heterocycles. The average molecular weight is 328 g/mol. The van der Waals surface area contributed by atoms with Gasteiger partial charge in [0.05, 0.1) is 24.3 Å². The second-order valence-electron chi connectivity index (χ2n) is 5.76. The summed E-state index contributed by atoms with van der Waals surface area (Å²) in [5, 5.41) is 3.02. The maximum atomic E-state index is 4.75. The third-order valence-corrected chi connectivity index (χ3v) is 3.91. The molecule has 3 heterocycles. The van der Waals surface area contributed by atoms with E-state index in [1.807, 2.05) is 24.4 Å². The Hall–Kier alpha value is -3.41. The fourth-order valence-corrected chi connectivity index (χ4v) is 2.56. The second-order valence-corrected chi connectivity index (χ2v) is 5.76. The maximum absolute atomic E-state index is 4.75. The molecule has 0 radical (unpaired) electrons. The highest BCUT2D eigenvalue weighted by Crippen LogP contribution is 2.25. The summed E-state index contributed by atoms with van der Waals surface area (Å²) in [5.74, 6) is 0.673. The maximum Gasteiger partial charge on any atom is 0.160 e. The van der Waals surface area contributed by atoms with E-state index in [2.05, 4.69) is 39.3 Å². The van der Waals surface area contributed by atoms with Crippen molar-refractivity contribution in [1.82, 2.24) is 25.3 Å². The van der Waals surface area contributed by atoms with Crippen molar-refractivity contribution in [2.75, 3.05) is 6.54 Å². The smallest absolute Gasteiger partial charge is 0.160 e. The first-order valence-corrected chi connectivity index (χ1v) is 7.95. The lowest BCUT2D eigenvalue weighted by atomic mass is 10.1. The molecule has 1 aliphatic rings. The van der Waals surface area contributed by atoms with Gasteiger partial charge in [0.2, 0.25) is 0 Å².